The van der Waals surface area contributed by atoms with Crippen LogP contribution >= 0.6 is 0 Å². The van der Waals surface area contributed by atoms with Gasteiger partial charge >= 0.3 is 12.2 Å². The van der Waals surface area contributed by atoms with E-state index >= 15 is 8.78 Å². The average Bonchev–Trinajstić information content (AvgIpc) is 3.58. The minimum Gasteiger partial charge on any atom is -0.443 e. The van der Waals surface area contributed by atoms with Crippen LogP contribution in [0, 0.1) is 17.5 Å². The molecule has 0 aliphatic rings. The smallest absolute Gasteiger partial charge is 0.427 e. The van der Waals surface area contributed by atoms with Gasteiger partial charge in [-0.2, -0.15) is 10.1 Å². The summed E-state index contributed by atoms with van der Waals surface area (Å²) in [6.07, 6.45) is 1.39. The number of hydrogen-bond acceptors (Lipinski definition) is 8. The van der Waals surface area contributed by atoms with Gasteiger partial charge in [0.05, 0.1) is 6.20 Å². The molecule has 2 amide bonds. The Balaban J connectivity index is 1.53. The zero-order valence-electron chi connectivity index (χ0n) is 27.5. The highest BCUT2D eigenvalue weighted by molar-refractivity contribution is 6.08. The fourth-order valence-electron chi connectivity index (χ4n) is 4.76. The maximum Gasteiger partial charge on any atom is 0.427 e. The Labute approximate surface area is 277 Å². The van der Waals surface area contributed by atoms with E-state index in [0.717, 1.165) is 29.2 Å². The molecule has 0 bridgehead atoms. The number of rotatable bonds is 6. The predicted octanol–water partition coefficient (Wildman–Crippen LogP) is 7.99. The van der Waals surface area contributed by atoms with E-state index in [2.05, 4.69) is 20.2 Å². The summed E-state index contributed by atoms with van der Waals surface area (Å²) in [6.45, 7) is 10.3. The maximum atomic E-state index is 15.2. The zero-order valence-corrected chi connectivity index (χ0v) is 27.5. The molecule has 16 heteroatoms. The quantitative estimate of drug-likeness (QED) is 0.165. The Morgan fingerprint density at radius 3 is 1.92 bits per heavy atom. The van der Waals surface area contributed by atoms with E-state index in [1.54, 1.807) is 41.5 Å². The van der Waals surface area contributed by atoms with Crippen LogP contribution < -0.4 is 4.90 Å². The molecule has 5 aromatic rings. The van der Waals surface area contributed by atoms with Crippen LogP contribution in [0.4, 0.5) is 37.5 Å². The van der Waals surface area contributed by atoms with Crippen LogP contribution in [0.2, 0.25) is 0 Å². The number of alkyl halides is 2. The third kappa shape index (κ3) is 7.84. The molecule has 0 fully saturated rings. The first-order chi connectivity index (χ1) is 22.7. The van der Waals surface area contributed by atoms with Gasteiger partial charge in [0.1, 0.15) is 34.4 Å². The van der Waals surface area contributed by atoms with Gasteiger partial charge in [0.2, 0.25) is 0 Å². The summed E-state index contributed by atoms with van der Waals surface area (Å²) in [4.78, 5) is 35.0. The number of amides is 2. The highest BCUT2D eigenvalue weighted by atomic mass is 19.3. The largest absolute Gasteiger partial charge is 0.443 e. The Hall–Kier alpha value is -5.41. The Morgan fingerprint density at radius 1 is 0.796 bits per heavy atom. The SMILES string of the molecule is CC(C)(C)OC(=O)N(C(=O)OC(C)(C)C)c1nc2cc(-c3nc(-c4cnn(C(c5ccc(F)cc5)C(C)(F)F)c4)c(F)cc3F)ccn2n1. The van der Waals surface area contributed by atoms with E-state index in [4.69, 9.17) is 9.47 Å². The molecule has 49 heavy (non-hydrogen) atoms. The summed E-state index contributed by atoms with van der Waals surface area (Å²) in [5, 5.41) is 8.18. The molecule has 1 unspecified atom stereocenters. The van der Waals surface area contributed by atoms with Gasteiger partial charge in [0.15, 0.2) is 17.3 Å². The highest BCUT2D eigenvalue weighted by Crippen LogP contribution is 2.36. The van der Waals surface area contributed by atoms with E-state index < -0.39 is 58.8 Å². The van der Waals surface area contributed by atoms with Crippen LogP contribution in [0.5, 0.6) is 0 Å². The molecule has 0 saturated heterocycles. The molecule has 0 saturated carbocycles. The lowest BCUT2D eigenvalue weighted by molar-refractivity contribution is -0.0217. The zero-order chi connectivity index (χ0) is 36.1. The van der Waals surface area contributed by atoms with E-state index in [1.165, 1.54) is 35.0 Å². The first kappa shape index (κ1) is 34.9. The number of benzene rings is 1. The maximum absolute atomic E-state index is 15.2. The van der Waals surface area contributed by atoms with Crippen LogP contribution in [-0.4, -0.2) is 58.7 Å². The van der Waals surface area contributed by atoms with Crippen molar-refractivity contribution in [2.75, 3.05) is 4.90 Å². The first-order valence-corrected chi connectivity index (χ1v) is 14.9. The lowest BCUT2D eigenvalue weighted by atomic mass is 10.0. The number of anilines is 1. The standard InChI is InChI=1S/C33H32F5N7O4/c1-31(2,3)48-29(46)45(30(47)49-32(4,5)6)28-40-24-14-19(12-13-43(24)42-28)25-22(35)15-23(36)26(41-25)20-16-39-44(17-20)27(33(7,37)38)18-8-10-21(34)11-9-18/h8-17,27H,1-7H3. The van der Waals surface area contributed by atoms with Crippen molar-refractivity contribution in [2.45, 2.75) is 71.6 Å². The minimum atomic E-state index is -3.36. The Morgan fingerprint density at radius 2 is 1.37 bits per heavy atom. The summed E-state index contributed by atoms with van der Waals surface area (Å²) in [6, 6.07) is 6.09. The summed E-state index contributed by atoms with van der Waals surface area (Å²) in [5.41, 5.74) is -2.53. The number of nitrogens with zero attached hydrogens (tertiary/aromatic N) is 7. The number of hydrogen-bond donors (Lipinski definition) is 0. The molecule has 258 valence electrons. The van der Waals surface area contributed by atoms with Crippen LogP contribution in [-0.2, 0) is 9.47 Å². The van der Waals surface area contributed by atoms with Gasteiger partial charge in [-0.3, -0.25) is 4.68 Å². The fraction of sp³-hybridized carbons (Fsp3) is 0.333. The minimum absolute atomic E-state index is 0.0358. The lowest BCUT2D eigenvalue weighted by Crippen LogP contribution is -2.44. The van der Waals surface area contributed by atoms with Crippen LogP contribution in [0.25, 0.3) is 28.2 Å². The van der Waals surface area contributed by atoms with Gasteiger partial charge in [-0.25, -0.2) is 41.0 Å². The number of halogens is 5. The molecule has 0 aliphatic heterocycles. The summed E-state index contributed by atoms with van der Waals surface area (Å²) >= 11 is 0. The van der Waals surface area contributed by atoms with Crippen LogP contribution in [0.3, 0.4) is 0 Å². The number of imide groups is 1. The topological polar surface area (TPSA) is 117 Å². The van der Waals surface area contributed by atoms with Gasteiger partial charge in [0.25, 0.3) is 11.9 Å². The van der Waals surface area contributed by atoms with Gasteiger partial charge in [-0.05, 0) is 71.4 Å². The second kappa shape index (κ2) is 12.6. The van der Waals surface area contributed by atoms with E-state index in [1.807, 2.05) is 0 Å². The number of carbonyl (C=O) groups excluding carboxylic acids is 2. The van der Waals surface area contributed by atoms with Crippen molar-refractivity contribution in [3.8, 4) is 22.5 Å². The molecule has 0 aliphatic carbocycles. The fourth-order valence-corrected chi connectivity index (χ4v) is 4.76. The molecule has 4 aromatic heterocycles. The molecular weight excluding hydrogens is 653 g/mol. The van der Waals surface area contributed by atoms with Crippen molar-refractivity contribution >= 4 is 23.8 Å². The molecule has 11 nitrogen and oxygen atoms in total. The van der Waals surface area contributed by atoms with Crippen molar-refractivity contribution in [3.63, 3.8) is 0 Å². The van der Waals surface area contributed by atoms with Gasteiger partial charge in [-0.1, -0.05) is 12.1 Å². The van der Waals surface area contributed by atoms with Gasteiger partial charge < -0.3 is 9.47 Å². The Kier molecular flexibility index (Phi) is 8.95. The molecule has 0 N–H and O–H groups in total. The number of aromatic nitrogens is 6. The van der Waals surface area contributed by atoms with Crippen LogP contribution in [0.1, 0.15) is 60.1 Å². The second-order valence-corrected chi connectivity index (χ2v) is 13.2. The van der Waals surface area contributed by atoms with E-state index in [0.29, 0.717) is 17.9 Å². The first-order valence-electron chi connectivity index (χ1n) is 14.9. The number of fused-ring (bicyclic) bond motifs is 1. The molecular formula is C33H32F5N7O4. The average molecular weight is 686 g/mol. The van der Waals surface area contributed by atoms with Crippen molar-refractivity contribution in [1.82, 2.24) is 29.4 Å². The van der Waals surface area contributed by atoms with E-state index in [-0.39, 0.29) is 33.7 Å². The van der Waals surface area contributed by atoms with Crippen molar-refractivity contribution in [3.05, 3.63) is 84.1 Å². The number of carbonyl (C=O) groups is 2. The number of pyridine rings is 2. The summed E-state index contributed by atoms with van der Waals surface area (Å²) < 4.78 is 86.1. The Bertz CT molecular complexity index is 2000. The summed E-state index contributed by atoms with van der Waals surface area (Å²) in [7, 11) is 0. The summed E-state index contributed by atoms with van der Waals surface area (Å²) in [5.74, 6) is -6.51. The third-order valence-corrected chi connectivity index (χ3v) is 6.69. The normalized spacial score (nSPS) is 13.0. The van der Waals surface area contributed by atoms with Crippen LogP contribution in [0.15, 0.2) is 61.1 Å². The predicted molar refractivity (Wildman–Crippen MR) is 167 cm³/mol. The number of ether oxygens (including phenoxy) is 2. The molecule has 1 aromatic carbocycles. The molecule has 4 heterocycles. The van der Waals surface area contributed by atoms with Gasteiger partial charge in [0, 0.05) is 36.5 Å². The second-order valence-electron chi connectivity index (χ2n) is 13.2. The molecule has 0 spiro atoms. The highest BCUT2D eigenvalue weighted by Gasteiger charge is 2.38. The third-order valence-electron chi connectivity index (χ3n) is 6.69. The monoisotopic (exact) mass is 685 g/mol. The van der Waals surface area contributed by atoms with Crippen molar-refractivity contribution in [1.29, 1.82) is 0 Å². The van der Waals surface area contributed by atoms with Crippen molar-refractivity contribution < 1.29 is 41.0 Å². The van der Waals surface area contributed by atoms with E-state index in [9.17, 15) is 22.8 Å². The van der Waals surface area contributed by atoms with Crippen molar-refractivity contribution in [2.24, 2.45) is 0 Å². The molecule has 1 atom stereocenters. The molecule has 0 radical (unpaired) electrons. The molecule has 5 rings (SSSR count). The lowest BCUT2D eigenvalue weighted by Gasteiger charge is -2.26. The van der Waals surface area contributed by atoms with Gasteiger partial charge in [-0.15, -0.1) is 10.00 Å².